The fraction of sp³-hybridized carbons (Fsp3) is 0.429. The summed E-state index contributed by atoms with van der Waals surface area (Å²) >= 11 is 1.25. The maximum absolute atomic E-state index is 14.1. The van der Waals surface area contributed by atoms with Gasteiger partial charge in [0.1, 0.15) is 21.9 Å². The Labute approximate surface area is 189 Å². The van der Waals surface area contributed by atoms with Crippen LogP contribution in [-0.4, -0.2) is 51.0 Å². The molecule has 11 heteroatoms. The van der Waals surface area contributed by atoms with Crippen molar-refractivity contribution in [3.63, 3.8) is 0 Å². The molecule has 1 aliphatic heterocycles. The number of hydrogen-bond donors (Lipinski definition) is 3. The van der Waals surface area contributed by atoms with Crippen molar-refractivity contribution in [1.82, 2.24) is 19.7 Å². The summed E-state index contributed by atoms with van der Waals surface area (Å²) in [5.41, 5.74) is 15.4. The summed E-state index contributed by atoms with van der Waals surface area (Å²) < 4.78 is 15.7. The highest BCUT2D eigenvalue weighted by Crippen LogP contribution is 2.33. The smallest absolute Gasteiger partial charge is 0.277 e. The lowest BCUT2D eigenvalue weighted by Crippen LogP contribution is -2.31. The molecule has 1 fully saturated rings. The standard InChI is InChI=1S/C21H27FN8OS/c1-11-8-13(12(2)25-9-11)20-28-17(18(24)32-20)19(31)27-16-10-26-29(3)21(16)30-6-4-14(22)15(23)5-7-30/h8-10,14-15H,4-7,23-24H2,1-3H3,(H,27,31)/t14-,15-/m1/s1. The van der Waals surface area contributed by atoms with Gasteiger partial charge in [0.25, 0.3) is 5.91 Å². The van der Waals surface area contributed by atoms with Crippen LogP contribution in [0.4, 0.5) is 20.9 Å². The van der Waals surface area contributed by atoms with Gasteiger partial charge in [0.05, 0.1) is 6.20 Å². The molecule has 9 nitrogen and oxygen atoms in total. The molecule has 0 unspecified atom stereocenters. The minimum Gasteiger partial charge on any atom is -0.389 e. The Hall–Kier alpha value is -3.05. The van der Waals surface area contributed by atoms with Gasteiger partial charge in [0.15, 0.2) is 11.5 Å². The van der Waals surface area contributed by atoms with E-state index < -0.39 is 18.1 Å². The topological polar surface area (TPSA) is 128 Å². The molecule has 3 aromatic rings. The Morgan fingerprint density at radius 2 is 2.03 bits per heavy atom. The molecule has 0 spiro atoms. The molecule has 32 heavy (non-hydrogen) atoms. The third-order valence-corrected chi connectivity index (χ3v) is 6.57. The number of pyridine rings is 1. The van der Waals surface area contributed by atoms with Gasteiger partial charge in [-0.2, -0.15) is 5.10 Å². The number of amides is 1. The highest BCUT2D eigenvalue weighted by atomic mass is 32.1. The van der Waals surface area contributed by atoms with Crippen LogP contribution in [0.15, 0.2) is 18.5 Å². The van der Waals surface area contributed by atoms with E-state index in [9.17, 15) is 9.18 Å². The van der Waals surface area contributed by atoms with Crippen LogP contribution in [0.2, 0.25) is 0 Å². The second kappa shape index (κ2) is 8.83. The highest BCUT2D eigenvalue weighted by Gasteiger charge is 2.27. The first-order valence-electron chi connectivity index (χ1n) is 10.4. The van der Waals surface area contributed by atoms with Crippen molar-refractivity contribution in [2.45, 2.75) is 38.9 Å². The number of anilines is 3. The molecule has 0 bridgehead atoms. The predicted molar refractivity (Wildman–Crippen MR) is 125 cm³/mol. The van der Waals surface area contributed by atoms with Crippen molar-refractivity contribution in [2.24, 2.45) is 12.8 Å². The van der Waals surface area contributed by atoms with E-state index in [1.165, 1.54) is 11.3 Å². The zero-order chi connectivity index (χ0) is 23.0. The maximum Gasteiger partial charge on any atom is 0.277 e. The Morgan fingerprint density at radius 3 is 2.81 bits per heavy atom. The van der Waals surface area contributed by atoms with Crippen LogP contribution in [0.5, 0.6) is 0 Å². The molecule has 4 rings (SSSR count). The molecule has 0 radical (unpaired) electrons. The van der Waals surface area contributed by atoms with Crippen molar-refractivity contribution < 1.29 is 9.18 Å². The number of rotatable bonds is 4. The maximum atomic E-state index is 14.1. The number of aromatic nitrogens is 4. The molecule has 0 aromatic carbocycles. The van der Waals surface area contributed by atoms with Crippen molar-refractivity contribution in [2.75, 3.05) is 29.0 Å². The van der Waals surface area contributed by atoms with Crippen molar-refractivity contribution >= 4 is 33.8 Å². The van der Waals surface area contributed by atoms with Crippen LogP contribution in [-0.2, 0) is 7.05 Å². The zero-order valence-electron chi connectivity index (χ0n) is 18.3. The second-order valence-electron chi connectivity index (χ2n) is 8.08. The summed E-state index contributed by atoms with van der Waals surface area (Å²) in [4.78, 5) is 23.9. The predicted octanol–water partition coefficient (Wildman–Crippen LogP) is 2.66. The third kappa shape index (κ3) is 4.30. The zero-order valence-corrected chi connectivity index (χ0v) is 19.1. The van der Waals surface area contributed by atoms with Crippen LogP contribution in [0, 0.1) is 13.8 Å². The van der Waals surface area contributed by atoms with Gasteiger partial charge in [0, 0.05) is 43.6 Å². The largest absolute Gasteiger partial charge is 0.389 e. The highest BCUT2D eigenvalue weighted by molar-refractivity contribution is 7.19. The van der Waals surface area contributed by atoms with E-state index in [-0.39, 0.29) is 5.69 Å². The van der Waals surface area contributed by atoms with Crippen molar-refractivity contribution in [3.8, 4) is 10.6 Å². The average Bonchev–Trinajstić information content (AvgIpc) is 3.27. The number of carbonyl (C=O) groups excluding carboxylic acids is 1. The number of carbonyl (C=O) groups is 1. The number of alkyl halides is 1. The number of nitrogens with zero attached hydrogens (tertiary/aromatic N) is 5. The van der Waals surface area contributed by atoms with E-state index in [4.69, 9.17) is 11.5 Å². The van der Waals surface area contributed by atoms with E-state index in [0.717, 1.165) is 16.8 Å². The Bertz CT molecular complexity index is 1130. The molecule has 4 heterocycles. The third-order valence-electron chi connectivity index (χ3n) is 5.65. The van der Waals surface area contributed by atoms with Gasteiger partial charge in [0.2, 0.25) is 0 Å². The number of halogens is 1. The first-order valence-corrected chi connectivity index (χ1v) is 11.2. The monoisotopic (exact) mass is 458 g/mol. The van der Waals surface area contributed by atoms with E-state index in [1.807, 2.05) is 24.8 Å². The normalized spacial score (nSPS) is 19.1. The molecule has 1 aliphatic rings. The second-order valence-corrected chi connectivity index (χ2v) is 9.11. The van der Waals surface area contributed by atoms with Gasteiger partial charge < -0.3 is 21.7 Å². The molecule has 3 aromatic heterocycles. The Balaban J connectivity index is 1.58. The number of nitrogens with two attached hydrogens (primary N) is 2. The van der Waals surface area contributed by atoms with E-state index in [0.29, 0.717) is 47.4 Å². The summed E-state index contributed by atoms with van der Waals surface area (Å²) in [7, 11) is 1.78. The van der Waals surface area contributed by atoms with Crippen LogP contribution in [0.1, 0.15) is 34.6 Å². The van der Waals surface area contributed by atoms with Crippen LogP contribution in [0.3, 0.4) is 0 Å². The summed E-state index contributed by atoms with van der Waals surface area (Å²) in [6.07, 6.45) is 3.16. The van der Waals surface area contributed by atoms with Gasteiger partial charge in [-0.3, -0.25) is 14.5 Å². The summed E-state index contributed by atoms with van der Waals surface area (Å²) in [5, 5.41) is 8.13. The molecule has 170 valence electrons. The first kappa shape index (κ1) is 22.2. The molecule has 5 N–H and O–H groups in total. The van der Waals surface area contributed by atoms with E-state index in [1.54, 1.807) is 24.1 Å². The molecule has 2 atom stereocenters. The summed E-state index contributed by atoms with van der Waals surface area (Å²) in [6.45, 7) is 4.90. The van der Waals surface area contributed by atoms with Crippen LogP contribution in [0.25, 0.3) is 10.6 Å². The van der Waals surface area contributed by atoms with Crippen molar-refractivity contribution in [1.29, 1.82) is 0 Å². The SMILES string of the molecule is Cc1cnc(C)c(-c2nc(C(=O)Nc3cnn(C)c3N3CC[C@@H](N)[C@H](F)CC3)c(N)s2)c1. The molecular weight excluding hydrogens is 431 g/mol. The summed E-state index contributed by atoms with van der Waals surface area (Å²) in [6, 6.07) is 1.49. The summed E-state index contributed by atoms with van der Waals surface area (Å²) in [5.74, 6) is 0.278. The lowest BCUT2D eigenvalue weighted by atomic mass is 10.1. The van der Waals surface area contributed by atoms with Crippen LogP contribution < -0.4 is 21.7 Å². The van der Waals surface area contributed by atoms with E-state index >= 15 is 0 Å². The number of nitrogens with one attached hydrogen (secondary N) is 1. The van der Waals surface area contributed by atoms with Crippen molar-refractivity contribution in [3.05, 3.63) is 35.4 Å². The fourth-order valence-electron chi connectivity index (χ4n) is 3.84. The minimum atomic E-state index is -1.04. The molecule has 0 aliphatic carbocycles. The number of aryl methyl sites for hydroxylation is 3. The van der Waals surface area contributed by atoms with Gasteiger partial charge in [-0.15, -0.1) is 0 Å². The average molecular weight is 459 g/mol. The Morgan fingerprint density at radius 1 is 1.28 bits per heavy atom. The Kier molecular flexibility index (Phi) is 6.11. The van der Waals surface area contributed by atoms with Crippen LogP contribution >= 0.6 is 11.3 Å². The fourth-order valence-corrected chi connectivity index (χ4v) is 4.74. The quantitative estimate of drug-likeness (QED) is 0.548. The molecule has 1 amide bonds. The number of thiazole rings is 1. The number of hydrogen-bond acceptors (Lipinski definition) is 8. The van der Waals surface area contributed by atoms with Gasteiger partial charge in [-0.1, -0.05) is 11.3 Å². The lowest BCUT2D eigenvalue weighted by molar-refractivity contribution is 0.102. The first-order chi connectivity index (χ1) is 15.2. The van der Waals surface area contributed by atoms with Gasteiger partial charge in [-0.05, 0) is 38.3 Å². The van der Waals surface area contributed by atoms with E-state index in [2.05, 4.69) is 20.4 Å². The van der Waals surface area contributed by atoms with Gasteiger partial charge >= 0.3 is 0 Å². The minimum absolute atomic E-state index is 0.155. The van der Waals surface area contributed by atoms with Gasteiger partial charge in [-0.25, -0.2) is 9.37 Å². The molecule has 0 saturated carbocycles. The lowest BCUT2D eigenvalue weighted by Gasteiger charge is -2.24. The molecule has 1 saturated heterocycles. The molecular formula is C21H27FN8OS. The number of nitrogen functional groups attached to an aromatic ring is 1.